The Labute approximate surface area is 147 Å². The zero-order valence-corrected chi connectivity index (χ0v) is 14.2. The van der Waals surface area contributed by atoms with Gasteiger partial charge in [0.2, 0.25) is 5.91 Å². The minimum absolute atomic E-state index is 0.233. The fourth-order valence-electron chi connectivity index (χ4n) is 2.06. The highest BCUT2D eigenvalue weighted by molar-refractivity contribution is 8.00. The highest BCUT2D eigenvalue weighted by atomic mass is 35.5. The van der Waals surface area contributed by atoms with Crippen LogP contribution in [-0.4, -0.2) is 16.1 Å². The van der Waals surface area contributed by atoms with Gasteiger partial charge >= 0.3 is 0 Å². The largest absolute Gasteiger partial charge is 0.431 e. The summed E-state index contributed by atoms with van der Waals surface area (Å²) < 4.78 is 5.60. The van der Waals surface area contributed by atoms with E-state index in [1.807, 2.05) is 6.07 Å². The first kappa shape index (κ1) is 16.4. The number of carbonyl (C=O) groups is 1. The number of aromatic nitrogens is 1. The predicted molar refractivity (Wildman–Crippen MR) is 94.1 cm³/mol. The van der Waals surface area contributed by atoms with Crippen molar-refractivity contribution in [1.82, 2.24) is 4.98 Å². The molecular weight excluding hydrogens is 346 g/mol. The van der Waals surface area contributed by atoms with Gasteiger partial charge in [-0.05, 0) is 31.2 Å². The molecule has 3 aromatic rings. The number of amides is 1. The average Bonchev–Trinajstić information content (AvgIpc) is 2.96. The number of hydrogen-bond acceptors (Lipinski definition) is 5. The van der Waals surface area contributed by atoms with Crippen LogP contribution in [0.5, 0.6) is 0 Å². The van der Waals surface area contributed by atoms with Crippen LogP contribution in [0.15, 0.2) is 52.1 Å². The number of para-hydroxylation sites is 1. The number of oxazole rings is 1. The second-order valence-corrected chi connectivity index (χ2v) is 6.73. The lowest BCUT2D eigenvalue weighted by Gasteiger charge is -2.10. The zero-order valence-electron chi connectivity index (χ0n) is 12.6. The van der Waals surface area contributed by atoms with Gasteiger partial charge in [0.05, 0.1) is 16.5 Å². The molecule has 0 unspecified atom stereocenters. The van der Waals surface area contributed by atoms with Crippen molar-refractivity contribution >= 4 is 46.1 Å². The maximum Gasteiger partial charge on any atom is 0.257 e. The van der Waals surface area contributed by atoms with E-state index in [4.69, 9.17) is 21.3 Å². The lowest BCUT2D eigenvalue weighted by atomic mass is 10.2. The molecule has 2 aromatic carbocycles. The number of rotatable bonds is 4. The second-order valence-electron chi connectivity index (χ2n) is 5.00. The van der Waals surface area contributed by atoms with Crippen molar-refractivity contribution in [1.29, 1.82) is 5.26 Å². The second kappa shape index (κ2) is 6.95. The third-order valence-electron chi connectivity index (χ3n) is 3.28. The number of anilines is 1. The molecule has 0 saturated heterocycles. The molecule has 0 fully saturated rings. The van der Waals surface area contributed by atoms with Crippen molar-refractivity contribution in [2.75, 3.05) is 5.32 Å². The fourth-order valence-corrected chi connectivity index (χ4v) is 2.98. The molecule has 24 heavy (non-hydrogen) atoms. The lowest BCUT2D eigenvalue weighted by molar-refractivity contribution is -0.115. The highest BCUT2D eigenvalue weighted by Crippen LogP contribution is 2.29. The molecule has 0 bridgehead atoms. The highest BCUT2D eigenvalue weighted by Gasteiger charge is 2.19. The topological polar surface area (TPSA) is 78.9 Å². The minimum Gasteiger partial charge on any atom is -0.431 e. The molecule has 1 N–H and O–H groups in total. The van der Waals surface area contributed by atoms with Crippen LogP contribution in [0, 0.1) is 11.3 Å². The Morgan fingerprint density at radius 3 is 2.96 bits per heavy atom. The minimum atomic E-state index is -0.444. The Morgan fingerprint density at radius 2 is 2.17 bits per heavy atom. The first-order valence-corrected chi connectivity index (χ1v) is 8.35. The summed E-state index contributed by atoms with van der Waals surface area (Å²) in [6.45, 7) is 1.75. The normalized spacial score (nSPS) is 11.9. The standard InChI is InChI=1S/C17H12ClN3O2S/c1-10(16(22)20-13-5-3-2-4-11(13)9-19)24-17-21-14-7-6-12(18)8-15(14)23-17/h2-8,10H,1H3,(H,20,22)/t10-/m1/s1. The molecule has 0 aliphatic heterocycles. The van der Waals surface area contributed by atoms with E-state index in [1.165, 1.54) is 11.8 Å². The molecule has 120 valence electrons. The summed E-state index contributed by atoms with van der Waals surface area (Å²) in [4.78, 5) is 16.6. The van der Waals surface area contributed by atoms with Crippen LogP contribution in [-0.2, 0) is 4.79 Å². The SMILES string of the molecule is C[C@@H](Sc1nc2ccc(Cl)cc2o1)C(=O)Nc1ccccc1C#N. The molecule has 0 aliphatic carbocycles. The number of nitrogens with one attached hydrogen (secondary N) is 1. The van der Waals surface area contributed by atoms with Gasteiger partial charge in [0.1, 0.15) is 11.6 Å². The van der Waals surface area contributed by atoms with E-state index in [0.29, 0.717) is 32.6 Å². The van der Waals surface area contributed by atoms with Crippen LogP contribution >= 0.6 is 23.4 Å². The van der Waals surface area contributed by atoms with Gasteiger partial charge in [-0.25, -0.2) is 4.98 Å². The molecule has 1 amide bonds. The van der Waals surface area contributed by atoms with Gasteiger partial charge in [0.25, 0.3) is 5.22 Å². The smallest absolute Gasteiger partial charge is 0.257 e. The van der Waals surface area contributed by atoms with E-state index in [2.05, 4.69) is 10.3 Å². The van der Waals surface area contributed by atoms with Crippen LogP contribution in [0.4, 0.5) is 5.69 Å². The summed E-state index contributed by atoms with van der Waals surface area (Å²) in [5, 5.41) is 12.3. The first-order valence-electron chi connectivity index (χ1n) is 7.09. The van der Waals surface area contributed by atoms with E-state index in [9.17, 15) is 4.79 Å². The van der Waals surface area contributed by atoms with Crippen LogP contribution in [0.3, 0.4) is 0 Å². The van der Waals surface area contributed by atoms with Crippen molar-refractivity contribution in [2.24, 2.45) is 0 Å². The summed E-state index contributed by atoms with van der Waals surface area (Å²) in [5.74, 6) is -0.233. The van der Waals surface area contributed by atoms with Crippen molar-refractivity contribution in [3.8, 4) is 6.07 Å². The molecule has 0 aliphatic rings. The molecule has 5 nitrogen and oxygen atoms in total. The Balaban J connectivity index is 1.72. The van der Waals surface area contributed by atoms with Gasteiger partial charge in [0, 0.05) is 11.1 Å². The van der Waals surface area contributed by atoms with Crippen molar-refractivity contribution in [3.63, 3.8) is 0 Å². The Kier molecular flexibility index (Phi) is 4.74. The molecular formula is C17H12ClN3O2S. The summed E-state index contributed by atoms with van der Waals surface area (Å²) in [6.07, 6.45) is 0. The number of nitrogens with zero attached hydrogens (tertiary/aromatic N) is 2. The number of hydrogen-bond donors (Lipinski definition) is 1. The summed E-state index contributed by atoms with van der Waals surface area (Å²) in [7, 11) is 0. The van der Waals surface area contributed by atoms with Gasteiger partial charge in [-0.15, -0.1) is 0 Å². The van der Waals surface area contributed by atoms with Gasteiger partial charge in [-0.2, -0.15) is 5.26 Å². The molecule has 0 radical (unpaired) electrons. The van der Waals surface area contributed by atoms with Crippen molar-refractivity contribution < 1.29 is 9.21 Å². The van der Waals surface area contributed by atoms with E-state index in [1.54, 1.807) is 49.4 Å². The molecule has 1 aromatic heterocycles. The molecule has 0 saturated carbocycles. The number of nitriles is 1. The monoisotopic (exact) mass is 357 g/mol. The van der Waals surface area contributed by atoms with E-state index in [-0.39, 0.29) is 5.91 Å². The average molecular weight is 358 g/mol. The van der Waals surface area contributed by atoms with Crippen LogP contribution in [0.1, 0.15) is 12.5 Å². The summed E-state index contributed by atoms with van der Waals surface area (Å²) in [5.41, 5.74) is 2.16. The zero-order chi connectivity index (χ0) is 17.1. The summed E-state index contributed by atoms with van der Waals surface area (Å²) >= 11 is 7.12. The number of thioether (sulfide) groups is 1. The quantitative estimate of drug-likeness (QED) is 0.697. The maximum atomic E-state index is 12.3. The van der Waals surface area contributed by atoms with Crippen molar-refractivity contribution in [2.45, 2.75) is 17.4 Å². The van der Waals surface area contributed by atoms with E-state index < -0.39 is 5.25 Å². The van der Waals surface area contributed by atoms with Crippen LogP contribution in [0.25, 0.3) is 11.1 Å². The lowest BCUT2D eigenvalue weighted by Crippen LogP contribution is -2.22. The molecule has 7 heteroatoms. The Morgan fingerprint density at radius 1 is 1.38 bits per heavy atom. The van der Waals surface area contributed by atoms with Gasteiger partial charge < -0.3 is 9.73 Å². The summed E-state index contributed by atoms with van der Waals surface area (Å²) in [6, 6.07) is 14.1. The predicted octanol–water partition coefficient (Wildman–Crippen LogP) is 4.47. The number of fused-ring (bicyclic) bond motifs is 1. The molecule has 0 spiro atoms. The number of halogens is 1. The van der Waals surface area contributed by atoms with Gasteiger partial charge in [-0.3, -0.25) is 4.79 Å². The van der Waals surface area contributed by atoms with E-state index >= 15 is 0 Å². The van der Waals surface area contributed by atoms with Gasteiger partial charge in [-0.1, -0.05) is 35.5 Å². The van der Waals surface area contributed by atoms with Gasteiger partial charge in [0.15, 0.2) is 5.58 Å². The number of carbonyl (C=O) groups excluding carboxylic acids is 1. The van der Waals surface area contributed by atoms with E-state index in [0.717, 1.165) is 0 Å². The van der Waals surface area contributed by atoms with Crippen LogP contribution < -0.4 is 5.32 Å². The maximum absolute atomic E-state index is 12.3. The first-order chi connectivity index (χ1) is 11.6. The number of benzene rings is 2. The molecule has 1 atom stereocenters. The van der Waals surface area contributed by atoms with Crippen molar-refractivity contribution in [3.05, 3.63) is 53.1 Å². The Bertz CT molecular complexity index is 948. The third kappa shape index (κ3) is 3.53. The molecule has 1 heterocycles. The van der Waals surface area contributed by atoms with Crippen LogP contribution in [0.2, 0.25) is 5.02 Å². The fraction of sp³-hybridized carbons (Fsp3) is 0.118. The molecule has 3 rings (SSSR count). The third-order valence-corrected chi connectivity index (χ3v) is 4.46. The Hall–Kier alpha value is -2.49.